The fourth-order valence-corrected chi connectivity index (χ4v) is 6.55. The number of nitrogens with zero attached hydrogens (tertiary/aromatic N) is 1. The summed E-state index contributed by atoms with van der Waals surface area (Å²) in [5.41, 5.74) is 3.81. The Bertz CT molecular complexity index is 754. The second-order valence-electron chi connectivity index (χ2n) is 9.40. The van der Waals surface area contributed by atoms with E-state index < -0.39 is 0 Å². The van der Waals surface area contributed by atoms with Gasteiger partial charge in [-0.2, -0.15) is 0 Å². The van der Waals surface area contributed by atoms with Crippen LogP contribution in [0.5, 0.6) is 5.75 Å². The number of phenols is 1. The summed E-state index contributed by atoms with van der Waals surface area (Å²) in [5.74, 6) is 2.74. The highest BCUT2D eigenvalue weighted by Crippen LogP contribution is 2.59. The first-order valence-corrected chi connectivity index (χ1v) is 10.7. The van der Waals surface area contributed by atoms with Crippen LogP contribution in [-0.2, 0) is 22.5 Å². The normalized spacial score (nSPS) is 36.2. The summed E-state index contributed by atoms with van der Waals surface area (Å²) < 4.78 is 5.46. The number of carbonyl (C=O) groups excluding carboxylic acids is 1. The number of ketones is 1. The van der Waals surface area contributed by atoms with Crippen LogP contribution in [0, 0.1) is 17.3 Å². The van der Waals surface area contributed by atoms with E-state index in [0.29, 0.717) is 29.3 Å². The summed E-state index contributed by atoms with van der Waals surface area (Å²) in [6, 6.07) is 4.34. The first kappa shape index (κ1) is 17.7. The van der Waals surface area contributed by atoms with Crippen molar-refractivity contribution in [3.05, 3.63) is 28.8 Å². The summed E-state index contributed by atoms with van der Waals surface area (Å²) in [4.78, 5) is 14.9. The first-order chi connectivity index (χ1) is 13.1. The molecule has 1 aromatic rings. The molecule has 4 atom stereocenters. The van der Waals surface area contributed by atoms with Gasteiger partial charge in [0.15, 0.2) is 0 Å². The second-order valence-corrected chi connectivity index (χ2v) is 9.40. The molecule has 0 spiro atoms. The van der Waals surface area contributed by atoms with Crippen LogP contribution in [0.1, 0.15) is 61.6 Å². The number of hydrogen-bond acceptors (Lipinski definition) is 4. The lowest BCUT2D eigenvalue weighted by Crippen LogP contribution is -2.42. The maximum absolute atomic E-state index is 12.5. The Kier molecular flexibility index (Phi) is 4.32. The van der Waals surface area contributed by atoms with Crippen molar-refractivity contribution in [2.75, 3.05) is 26.3 Å². The van der Waals surface area contributed by atoms with Gasteiger partial charge in [-0.3, -0.25) is 9.69 Å². The monoisotopic (exact) mass is 369 g/mol. The fraction of sp³-hybridized carbons (Fsp3) is 0.696. The van der Waals surface area contributed by atoms with Gasteiger partial charge >= 0.3 is 0 Å². The van der Waals surface area contributed by atoms with Crippen LogP contribution >= 0.6 is 0 Å². The molecule has 1 saturated heterocycles. The number of benzene rings is 1. The van der Waals surface area contributed by atoms with Crippen LogP contribution < -0.4 is 0 Å². The molecule has 4 aliphatic rings. The molecule has 1 heterocycles. The Labute approximate surface area is 161 Å². The number of aromatic hydroxyl groups is 1. The number of aryl methyl sites for hydroxylation is 1. The smallest absolute Gasteiger partial charge is 0.139 e. The van der Waals surface area contributed by atoms with Crippen LogP contribution in [0.3, 0.4) is 0 Å². The van der Waals surface area contributed by atoms with Gasteiger partial charge < -0.3 is 9.84 Å². The third kappa shape index (κ3) is 2.84. The van der Waals surface area contributed by atoms with Crippen molar-refractivity contribution >= 4 is 5.78 Å². The van der Waals surface area contributed by atoms with Gasteiger partial charge in [0.05, 0.1) is 13.2 Å². The third-order valence-corrected chi connectivity index (χ3v) is 8.13. The molecule has 1 aromatic carbocycles. The van der Waals surface area contributed by atoms with E-state index in [2.05, 4.69) is 17.9 Å². The van der Waals surface area contributed by atoms with Gasteiger partial charge in [0, 0.05) is 37.0 Å². The maximum atomic E-state index is 12.5. The number of carbonyl (C=O) groups is 1. The molecule has 0 bridgehead atoms. The van der Waals surface area contributed by atoms with E-state index in [4.69, 9.17) is 4.74 Å². The van der Waals surface area contributed by atoms with Crippen LogP contribution in [0.2, 0.25) is 0 Å². The standard InChI is InChI=1S/C23H31NO3/c1-23-7-6-17-18(20(23)4-5-22(23)26)3-2-15-13-21(25)16(12-19(15)17)14-24-8-10-27-11-9-24/h12-13,17-18,20,25H,2-11,14H2,1H3/t17?,18?,20?,23-/m0/s1. The zero-order valence-electron chi connectivity index (χ0n) is 16.4. The Morgan fingerprint density at radius 2 is 2.00 bits per heavy atom. The Balaban J connectivity index is 1.44. The topological polar surface area (TPSA) is 49.8 Å². The number of phenolic OH excluding ortho intramolecular Hbond substituents is 1. The highest BCUT2D eigenvalue weighted by atomic mass is 16.5. The number of Topliss-reactive ketones (excluding diaryl/α,β-unsaturated/α-hetero) is 1. The lowest BCUT2D eigenvalue weighted by Gasteiger charge is -2.48. The molecular weight excluding hydrogens is 338 g/mol. The summed E-state index contributed by atoms with van der Waals surface area (Å²) in [7, 11) is 0. The predicted molar refractivity (Wildman–Crippen MR) is 104 cm³/mol. The molecule has 1 N–H and O–H groups in total. The molecule has 5 rings (SSSR count). The average molecular weight is 370 g/mol. The highest BCUT2D eigenvalue weighted by molar-refractivity contribution is 5.87. The van der Waals surface area contributed by atoms with Gasteiger partial charge in [-0.05, 0) is 67.1 Å². The minimum Gasteiger partial charge on any atom is -0.508 e. The summed E-state index contributed by atoms with van der Waals surface area (Å²) in [6.07, 6.45) is 6.25. The van der Waals surface area contributed by atoms with E-state index in [9.17, 15) is 9.90 Å². The Hall–Kier alpha value is -1.39. The molecule has 3 fully saturated rings. The number of morpholine rings is 1. The van der Waals surface area contributed by atoms with E-state index in [-0.39, 0.29) is 5.41 Å². The maximum Gasteiger partial charge on any atom is 0.139 e. The molecule has 4 heteroatoms. The summed E-state index contributed by atoms with van der Waals surface area (Å²) in [6.45, 7) is 6.48. The fourth-order valence-electron chi connectivity index (χ4n) is 6.55. The third-order valence-electron chi connectivity index (χ3n) is 8.13. The highest BCUT2D eigenvalue weighted by Gasteiger charge is 2.54. The Morgan fingerprint density at radius 3 is 2.81 bits per heavy atom. The van der Waals surface area contributed by atoms with Crippen molar-refractivity contribution < 1.29 is 14.6 Å². The van der Waals surface area contributed by atoms with Crippen LogP contribution in [0.25, 0.3) is 0 Å². The molecule has 0 aromatic heterocycles. The zero-order chi connectivity index (χ0) is 18.6. The van der Waals surface area contributed by atoms with Crippen molar-refractivity contribution in [1.29, 1.82) is 0 Å². The van der Waals surface area contributed by atoms with E-state index in [0.717, 1.165) is 70.5 Å². The van der Waals surface area contributed by atoms with Gasteiger partial charge in [0.1, 0.15) is 11.5 Å². The van der Waals surface area contributed by atoms with Crippen molar-refractivity contribution in [3.8, 4) is 5.75 Å². The minimum atomic E-state index is -0.0633. The molecule has 27 heavy (non-hydrogen) atoms. The average Bonchev–Trinajstić information content (AvgIpc) is 2.98. The van der Waals surface area contributed by atoms with Gasteiger partial charge in [0.25, 0.3) is 0 Å². The van der Waals surface area contributed by atoms with E-state index in [1.807, 2.05) is 6.07 Å². The summed E-state index contributed by atoms with van der Waals surface area (Å²) in [5, 5.41) is 10.6. The second kappa shape index (κ2) is 6.59. The Morgan fingerprint density at radius 1 is 1.19 bits per heavy atom. The van der Waals surface area contributed by atoms with E-state index in [1.165, 1.54) is 17.5 Å². The van der Waals surface area contributed by atoms with Crippen molar-refractivity contribution in [3.63, 3.8) is 0 Å². The van der Waals surface area contributed by atoms with Crippen LogP contribution in [0.15, 0.2) is 12.1 Å². The number of rotatable bonds is 2. The van der Waals surface area contributed by atoms with Crippen molar-refractivity contribution in [2.45, 2.75) is 57.9 Å². The first-order valence-electron chi connectivity index (χ1n) is 10.7. The SMILES string of the molecule is C[C@]12CCC3c4cc(CN5CCOCC5)c(O)cc4CCC3C1CCC2=O. The van der Waals surface area contributed by atoms with E-state index >= 15 is 0 Å². The molecule has 1 aliphatic heterocycles. The molecule has 0 radical (unpaired) electrons. The predicted octanol–water partition coefficient (Wildman–Crippen LogP) is 3.65. The van der Waals surface area contributed by atoms with E-state index in [1.54, 1.807) is 0 Å². The van der Waals surface area contributed by atoms with Crippen LogP contribution in [0.4, 0.5) is 0 Å². The quantitative estimate of drug-likeness (QED) is 0.865. The molecule has 146 valence electrons. The molecule has 4 nitrogen and oxygen atoms in total. The molecule has 3 unspecified atom stereocenters. The van der Waals surface area contributed by atoms with Gasteiger partial charge in [-0.1, -0.05) is 13.0 Å². The molecule has 0 amide bonds. The number of fused-ring (bicyclic) bond motifs is 5. The number of ether oxygens (including phenoxy) is 1. The van der Waals surface area contributed by atoms with Gasteiger partial charge in [0.2, 0.25) is 0 Å². The largest absolute Gasteiger partial charge is 0.508 e. The molecule has 3 aliphatic carbocycles. The number of hydrogen-bond donors (Lipinski definition) is 1. The zero-order valence-corrected chi connectivity index (χ0v) is 16.4. The molecule has 2 saturated carbocycles. The lowest BCUT2D eigenvalue weighted by atomic mass is 9.55. The molecular formula is C23H31NO3. The van der Waals surface area contributed by atoms with Gasteiger partial charge in [-0.15, -0.1) is 0 Å². The minimum absolute atomic E-state index is 0.0633. The van der Waals surface area contributed by atoms with Crippen molar-refractivity contribution in [2.24, 2.45) is 17.3 Å². The van der Waals surface area contributed by atoms with Gasteiger partial charge in [-0.25, -0.2) is 0 Å². The van der Waals surface area contributed by atoms with Crippen molar-refractivity contribution in [1.82, 2.24) is 4.90 Å². The summed E-state index contributed by atoms with van der Waals surface area (Å²) >= 11 is 0. The van der Waals surface area contributed by atoms with Crippen LogP contribution in [-0.4, -0.2) is 42.1 Å². The lowest BCUT2D eigenvalue weighted by molar-refractivity contribution is -0.129.